The highest BCUT2D eigenvalue weighted by Crippen LogP contribution is 2.27. The van der Waals surface area contributed by atoms with E-state index >= 15 is 0 Å². The maximum atomic E-state index is 11.7. The Morgan fingerprint density at radius 2 is 1.95 bits per heavy atom. The molecule has 5 heteroatoms. The minimum absolute atomic E-state index is 0.347. The van der Waals surface area contributed by atoms with Gasteiger partial charge in [-0.25, -0.2) is 0 Å². The van der Waals surface area contributed by atoms with Crippen molar-refractivity contribution < 1.29 is 19.4 Å². The number of carboxylic acids is 1. The van der Waals surface area contributed by atoms with Gasteiger partial charge in [0.2, 0.25) is 0 Å². The number of carbonyl (C=O) groups excluding carboxylic acids is 1. The number of aliphatic carboxylic acids is 1. The van der Waals surface area contributed by atoms with Crippen molar-refractivity contribution in [3.8, 4) is 0 Å². The first-order chi connectivity index (χ1) is 9.50. The molecule has 2 rings (SSSR count). The Labute approximate surface area is 117 Å². The molecule has 0 saturated carbocycles. The van der Waals surface area contributed by atoms with Crippen LogP contribution in [0.2, 0.25) is 0 Å². The molecule has 1 aromatic rings. The van der Waals surface area contributed by atoms with E-state index in [4.69, 9.17) is 4.74 Å². The van der Waals surface area contributed by atoms with Gasteiger partial charge in [0, 0.05) is 12.6 Å². The van der Waals surface area contributed by atoms with Gasteiger partial charge in [-0.15, -0.1) is 0 Å². The van der Waals surface area contributed by atoms with Gasteiger partial charge < -0.3 is 15.2 Å². The standard InChI is InChI=1S/C15H19NO4/c1-9-13(16-8-11-6-4-3-5-7-11)12(14(17)18)10(2)20-15(9)19/h3-7,9-10,12-13,16H,8H2,1-2H3,(H,17,18)/t9-,10+,12-,13-/m1/s1. The van der Waals surface area contributed by atoms with Crippen LogP contribution in [0.3, 0.4) is 0 Å². The van der Waals surface area contributed by atoms with Gasteiger partial charge in [0.25, 0.3) is 0 Å². The van der Waals surface area contributed by atoms with Gasteiger partial charge in [0.15, 0.2) is 0 Å². The summed E-state index contributed by atoms with van der Waals surface area (Å²) in [4.78, 5) is 23.1. The van der Waals surface area contributed by atoms with E-state index in [0.29, 0.717) is 6.54 Å². The van der Waals surface area contributed by atoms with Crippen molar-refractivity contribution in [1.82, 2.24) is 5.32 Å². The fourth-order valence-electron chi connectivity index (χ4n) is 2.60. The molecule has 2 N–H and O–H groups in total. The number of hydrogen-bond donors (Lipinski definition) is 2. The molecule has 108 valence electrons. The molecule has 0 spiro atoms. The van der Waals surface area contributed by atoms with Crippen molar-refractivity contribution in [2.75, 3.05) is 0 Å². The zero-order valence-corrected chi connectivity index (χ0v) is 11.6. The molecule has 0 bridgehead atoms. The Kier molecular flexibility index (Phi) is 4.39. The van der Waals surface area contributed by atoms with Crippen molar-refractivity contribution in [3.05, 3.63) is 35.9 Å². The largest absolute Gasteiger partial charge is 0.481 e. The summed E-state index contributed by atoms with van der Waals surface area (Å²) in [5.74, 6) is -2.50. The van der Waals surface area contributed by atoms with Crippen LogP contribution in [0.5, 0.6) is 0 Å². The molecule has 0 unspecified atom stereocenters. The Balaban J connectivity index is 2.12. The van der Waals surface area contributed by atoms with E-state index in [9.17, 15) is 14.7 Å². The lowest BCUT2D eigenvalue weighted by atomic mass is 9.83. The van der Waals surface area contributed by atoms with E-state index in [0.717, 1.165) is 5.56 Å². The van der Waals surface area contributed by atoms with Gasteiger partial charge in [0.05, 0.1) is 5.92 Å². The summed E-state index contributed by atoms with van der Waals surface area (Å²) in [7, 11) is 0. The van der Waals surface area contributed by atoms with Crippen LogP contribution in [0, 0.1) is 11.8 Å². The zero-order chi connectivity index (χ0) is 14.7. The second-order valence-electron chi connectivity index (χ2n) is 5.19. The first-order valence-corrected chi connectivity index (χ1v) is 6.71. The zero-order valence-electron chi connectivity index (χ0n) is 11.6. The quantitative estimate of drug-likeness (QED) is 0.814. The number of carbonyl (C=O) groups is 2. The predicted molar refractivity (Wildman–Crippen MR) is 72.9 cm³/mol. The number of esters is 1. The minimum atomic E-state index is -0.942. The van der Waals surface area contributed by atoms with E-state index in [-0.39, 0.29) is 5.97 Å². The number of rotatable bonds is 4. The Morgan fingerprint density at radius 1 is 1.30 bits per heavy atom. The second-order valence-corrected chi connectivity index (χ2v) is 5.19. The van der Waals surface area contributed by atoms with Crippen molar-refractivity contribution in [2.45, 2.75) is 32.5 Å². The van der Waals surface area contributed by atoms with Crippen LogP contribution < -0.4 is 5.32 Å². The normalized spacial score (nSPS) is 29.8. The lowest BCUT2D eigenvalue weighted by molar-refractivity contribution is -0.173. The molecule has 1 fully saturated rings. The second kappa shape index (κ2) is 6.05. The van der Waals surface area contributed by atoms with Crippen molar-refractivity contribution in [2.24, 2.45) is 11.8 Å². The Morgan fingerprint density at radius 3 is 2.55 bits per heavy atom. The number of nitrogens with one attached hydrogen (secondary N) is 1. The summed E-state index contributed by atoms with van der Waals surface area (Å²) in [6.45, 7) is 3.85. The topological polar surface area (TPSA) is 75.6 Å². The first-order valence-electron chi connectivity index (χ1n) is 6.71. The molecule has 20 heavy (non-hydrogen) atoms. The van der Waals surface area contributed by atoms with Crippen LogP contribution in [0.4, 0.5) is 0 Å². The number of ether oxygens (including phenoxy) is 1. The maximum Gasteiger partial charge on any atom is 0.311 e. The highest BCUT2D eigenvalue weighted by atomic mass is 16.5. The van der Waals surface area contributed by atoms with Crippen LogP contribution in [0.15, 0.2) is 30.3 Å². The molecular formula is C15H19NO4. The molecule has 5 nitrogen and oxygen atoms in total. The number of cyclic esters (lactones) is 1. The highest BCUT2D eigenvalue weighted by Gasteiger charge is 2.45. The highest BCUT2D eigenvalue weighted by molar-refractivity contribution is 5.79. The number of hydrogen-bond acceptors (Lipinski definition) is 4. The lowest BCUT2D eigenvalue weighted by Gasteiger charge is -2.37. The van der Waals surface area contributed by atoms with Gasteiger partial charge in [-0.1, -0.05) is 37.3 Å². The van der Waals surface area contributed by atoms with Crippen molar-refractivity contribution in [3.63, 3.8) is 0 Å². The Hall–Kier alpha value is -1.88. The Bertz CT molecular complexity index is 488. The van der Waals surface area contributed by atoms with Crippen LogP contribution in [0.1, 0.15) is 19.4 Å². The van der Waals surface area contributed by atoms with Gasteiger partial charge in [-0.2, -0.15) is 0 Å². The van der Waals surface area contributed by atoms with E-state index in [2.05, 4.69) is 5.32 Å². The van der Waals surface area contributed by atoms with Crippen LogP contribution in [0.25, 0.3) is 0 Å². The summed E-state index contributed by atoms with van der Waals surface area (Å²) < 4.78 is 5.09. The third-order valence-corrected chi connectivity index (χ3v) is 3.77. The third kappa shape index (κ3) is 2.99. The summed E-state index contributed by atoms with van der Waals surface area (Å²) in [5.41, 5.74) is 1.05. The summed E-state index contributed by atoms with van der Waals surface area (Å²) in [6.07, 6.45) is -0.621. The average Bonchev–Trinajstić information content (AvgIpc) is 2.41. The SMILES string of the molecule is C[C@@H]1OC(=O)[C@H](C)[C@@H](NCc2ccccc2)[C@@H]1C(=O)O. The molecule has 4 atom stereocenters. The molecule has 1 heterocycles. The van der Waals surface area contributed by atoms with E-state index in [1.807, 2.05) is 30.3 Å². The van der Waals surface area contributed by atoms with Crippen LogP contribution >= 0.6 is 0 Å². The van der Waals surface area contributed by atoms with Gasteiger partial charge >= 0.3 is 11.9 Å². The monoisotopic (exact) mass is 277 g/mol. The number of carboxylic acid groups (broad SMARTS) is 1. The molecule has 0 aliphatic carbocycles. The smallest absolute Gasteiger partial charge is 0.311 e. The maximum absolute atomic E-state index is 11.7. The molecule has 1 aliphatic rings. The summed E-state index contributed by atoms with van der Waals surface area (Å²) in [5, 5.41) is 12.5. The average molecular weight is 277 g/mol. The predicted octanol–water partition coefficient (Wildman–Crippen LogP) is 1.43. The molecule has 0 radical (unpaired) electrons. The molecule has 1 aromatic carbocycles. The van der Waals surface area contributed by atoms with Crippen LogP contribution in [-0.4, -0.2) is 29.2 Å². The molecule has 1 saturated heterocycles. The third-order valence-electron chi connectivity index (χ3n) is 3.77. The van der Waals surface area contributed by atoms with E-state index in [1.165, 1.54) is 0 Å². The molecular weight excluding hydrogens is 258 g/mol. The minimum Gasteiger partial charge on any atom is -0.481 e. The fourth-order valence-corrected chi connectivity index (χ4v) is 2.60. The number of benzene rings is 1. The van der Waals surface area contributed by atoms with E-state index in [1.54, 1.807) is 13.8 Å². The van der Waals surface area contributed by atoms with Crippen molar-refractivity contribution in [1.29, 1.82) is 0 Å². The molecule has 0 aromatic heterocycles. The van der Waals surface area contributed by atoms with Gasteiger partial charge in [-0.05, 0) is 12.5 Å². The van der Waals surface area contributed by atoms with Crippen LogP contribution in [-0.2, 0) is 20.9 Å². The van der Waals surface area contributed by atoms with E-state index < -0.39 is 30.0 Å². The fraction of sp³-hybridized carbons (Fsp3) is 0.467. The molecule has 1 aliphatic heterocycles. The van der Waals surface area contributed by atoms with Crippen molar-refractivity contribution >= 4 is 11.9 Å². The first kappa shape index (κ1) is 14.5. The lowest BCUT2D eigenvalue weighted by Crippen LogP contribution is -2.56. The molecule has 0 amide bonds. The van der Waals surface area contributed by atoms with Gasteiger partial charge in [0.1, 0.15) is 12.0 Å². The van der Waals surface area contributed by atoms with Gasteiger partial charge in [-0.3, -0.25) is 9.59 Å². The summed E-state index contributed by atoms with van der Waals surface area (Å²) in [6, 6.07) is 9.26. The summed E-state index contributed by atoms with van der Waals surface area (Å²) >= 11 is 0.